The number of methoxy groups -OCH3 is 1. The first-order valence-corrected chi connectivity index (χ1v) is 3.75. The Bertz CT molecular complexity index is 325. The van der Waals surface area contributed by atoms with Crippen molar-refractivity contribution in [2.75, 3.05) is 14.2 Å². The van der Waals surface area contributed by atoms with Crippen molar-refractivity contribution < 1.29 is 13.9 Å². The molecule has 0 fully saturated rings. The van der Waals surface area contributed by atoms with Crippen LogP contribution < -0.4 is 10.1 Å². The van der Waals surface area contributed by atoms with Gasteiger partial charge in [0.2, 0.25) is 0 Å². The molecule has 70 valence electrons. The SMILES string of the molecule is CNC(=O)c1c(F)cccc1OC. The van der Waals surface area contributed by atoms with Crippen molar-refractivity contribution in [1.29, 1.82) is 0 Å². The Balaban J connectivity index is 3.22. The number of carbonyl (C=O) groups is 1. The van der Waals surface area contributed by atoms with Crippen molar-refractivity contribution in [3.63, 3.8) is 0 Å². The lowest BCUT2D eigenvalue weighted by Crippen LogP contribution is -2.20. The number of ether oxygens (including phenoxy) is 1. The zero-order valence-corrected chi connectivity index (χ0v) is 7.43. The average molecular weight is 183 g/mol. The quantitative estimate of drug-likeness (QED) is 0.748. The fourth-order valence-corrected chi connectivity index (χ4v) is 1.02. The van der Waals surface area contributed by atoms with Crippen molar-refractivity contribution in [2.24, 2.45) is 0 Å². The van der Waals surface area contributed by atoms with Gasteiger partial charge in [0.05, 0.1) is 7.11 Å². The van der Waals surface area contributed by atoms with E-state index in [0.717, 1.165) is 0 Å². The van der Waals surface area contributed by atoms with Crippen LogP contribution in [0.1, 0.15) is 10.4 Å². The minimum Gasteiger partial charge on any atom is -0.496 e. The third kappa shape index (κ3) is 1.77. The highest BCUT2D eigenvalue weighted by molar-refractivity contribution is 5.96. The summed E-state index contributed by atoms with van der Waals surface area (Å²) in [6.45, 7) is 0. The van der Waals surface area contributed by atoms with Crippen LogP contribution in [0, 0.1) is 5.82 Å². The molecule has 1 N–H and O–H groups in total. The molecule has 0 saturated carbocycles. The number of carbonyl (C=O) groups excluding carboxylic acids is 1. The first-order valence-electron chi connectivity index (χ1n) is 3.75. The predicted octanol–water partition coefficient (Wildman–Crippen LogP) is 1.19. The summed E-state index contributed by atoms with van der Waals surface area (Å²) in [4.78, 5) is 11.2. The van der Waals surface area contributed by atoms with E-state index < -0.39 is 11.7 Å². The van der Waals surface area contributed by atoms with Gasteiger partial charge in [0.25, 0.3) is 5.91 Å². The van der Waals surface area contributed by atoms with Crippen LogP contribution in [-0.4, -0.2) is 20.1 Å². The van der Waals surface area contributed by atoms with E-state index in [0.29, 0.717) is 0 Å². The summed E-state index contributed by atoms with van der Waals surface area (Å²) >= 11 is 0. The summed E-state index contributed by atoms with van der Waals surface area (Å²) < 4.78 is 18.0. The van der Waals surface area contributed by atoms with Gasteiger partial charge in [0, 0.05) is 7.05 Å². The fourth-order valence-electron chi connectivity index (χ4n) is 1.02. The molecule has 0 atom stereocenters. The van der Waals surface area contributed by atoms with E-state index in [-0.39, 0.29) is 11.3 Å². The third-order valence-corrected chi connectivity index (χ3v) is 1.65. The number of halogens is 1. The molecule has 4 heteroatoms. The Morgan fingerprint density at radius 1 is 1.54 bits per heavy atom. The monoisotopic (exact) mass is 183 g/mol. The van der Waals surface area contributed by atoms with Crippen LogP contribution in [-0.2, 0) is 0 Å². The lowest BCUT2D eigenvalue weighted by molar-refractivity contribution is 0.0956. The number of nitrogens with one attached hydrogen (secondary N) is 1. The maximum Gasteiger partial charge on any atom is 0.257 e. The first kappa shape index (κ1) is 9.51. The Kier molecular flexibility index (Phi) is 2.84. The molecule has 0 aromatic heterocycles. The summed E-state index contributed by atoms with van der Waals surface area (Å²) in [7, 11) is 2.83. The van der Waals surface area contributed by atoms with Crippen LogP contribution in [0.5, 0.6) is 5.75 Å². The second-order valence-electron chi connectivity index (χ2n) is 2.40. The van der Waals surface area contributed by atoms with E-state index in [2.05, 4.69) is 5.32 Å². The van der Waals surface area contributed by atoms with Crippen molar-refractivity contribution in [3.8, 4) is 5.75 Å². The molecule has 0 radical (unpaired) electrons. The smallest absolute Gasteiger partial charge is 0.257 e. The van der Waals surface area contributed by atoms with Crippen molar-refractivity contribution in [3.05, 3.63) is 29.6 Å². The van der Waals surface area contributed by atoms with Crippen LogP contribution in [0.3, 0.4) is 0 Å². The van der Waals surface area contributed by atoms with Gasteiger partial charge in [0.15, 0.2) is 0 Å². The molecule has 3 nitrogen and oxygen atoms in total. The maximum absolute atomic E-state index is 13.1. The number of hydrogen-bond donors (Lipinski definition) is 1. The van der Waals surface area contributed by atoms with Gasteiger partial charge in [-0.2, -0.15) is 0 Å². The molecule has 0 spiro atoms. The Hall–Kier alpha value is -1.58. The van der Waals surface area contributed by atoms with Crippen LogP contribution in [0.25, 0.3) is 0 Å². The van der Waals surface area contributed by atoms with Crippen LogP contribution >= 0.6 is 0 Å². The van der Waals surface area contributed by atoms with Gasteiger partial charge in [-0.25, -0.2) is 4.39 Å². The zero-order valence-electron chi connectivity index (χ0n) is 7.43. The fraction of sp³-hybridized carbons (Fsp3) is 0.222. The normalized spacial score (nSPS) is 9.46. The minimum atomic E-state index is -0.585. The van der Waals surface area contributed by atoms with Gasteiger partial charge in [-0.3, -0.25) is 4.79 Å². The van der Waals surface area contributed by atoms with Gasteiger partial charge in [-0.15, -0.1) is 0 Å². The molecule has 1 aromatic rings. The zero-order chi connectivity index (χ0) is 9.84. The van der Waals surface area contributed by atoms with E-state index in [1.54, 1.807) is 0 Å². The molecule has 13 heavy (non-hydrogen) atoms. The molecule has 0 aliphatic rings. The highest BCUT2D eigenvalue weighted by Crippen LogP contribution is 2.20. The molecule has 1 rings (SSSR count). The molecular formula is C9H10FNO2. The van der Waals surface area contributed by atoms with Gasteiger partial charge in [-0.05, 0) is 12.1 Å². The summed E-state index contributed by atoms with van der Waals surface area (Å²) in [6, 6.07) is 4.24. The number of rotatable bonds is 2. The van der Waals surface area contributed by atoms with Crippen molar-refractivity contribution in [1.82, 2.24) is 5.32 Å². The van der Waals surface area contributed by atoms with Crippen LogP contribution in [0.4, 0.5) is 4.39 Å². The molecule has 0 aliphatic carbocycles. The Morgan fingerprint density at radius 2 is 2.23 bits per heavy atom. The predicted molar refractivity (Wildman–Crippen MR) is 46.3 cm³/mol. The summed E-state index contributed by atoms with van der Waals surface area (Å²) in [5.74, 6) is -0.840. The average Bonchev–Trinajstić information content (AvgIpc) is 2.16. The van der Waals surface area contributed by atoms with Gasteiger partial charge in [0.1, 0.15) is 17.1 Å². The Labute approximate surface area is 75.5 Å². The maximum atomic E-state index is 13.1. The van der Waals surface area contributed by atoms with E-state index >= 15 is 0 Å². The molecule has 0 saturated heterocycles. The van der Waals surface area contributed by atoms with E-state index in [1.807, 2.05) is 0 Å². The molecule has 0 heterocycles. The second-order valence-corrected chi connectivity index (χ2v) is 2.40. The van der Waals surface area contributed by atoms with Gasteiger partial charge >= 0.3 is 0 Å². The van der Waals surface area contributed by atoms with Gasteiger partial charge in [-0.1, -0.05) is 6.07 Å². The lowest BCUT2D eigenvalue weighted by Gasteiger charge is -2.07. The largest absolute Gasteiger partial charge is 0.496 e. The van der Waals surface area contributed by atoms with E-state index in [1.165, 1.54) is 32.4 Å². The highest BCUT2D eigenvalue weighted by atomic mass is 19.1. The molecule has 0 unspecified atom stereocenters. The van der Waals surface area contributed by atoms with Crippen LogP contribution in [0.15, 0.2) is 18.2 Å². The topological polar surface area (TPSA) is 38.3 Å². The number of amides is 1. The number of benzene rings is 1. The lowest BCUT2D eigenvalue weighted by atomic mass is 10.2. The molecule has 1 amide bonds. The van der Waals surface area contributed by atoms with Crippen molar-refractivity contribution >= 4 is 5.91 Å². The van der Waals surface area contributed by atoms with Gasteiger partial charge < -0.3 is 10.1 Å². The molecular weight excluding hydrogens is 173 g/mol. The third-order valence-electron chi connectivity index (χ3n) is 1.65. The molecule has 1 aromatic carbocycles. The van der Waals surface area contributed by atoms with Crippen LogP contribution in [0.2, 0.25) is 0 Å². The minimum absolute atomic E-state index is 0.0625. The summed E-state index contributed by atoms with van der Waals surface area (Å²) in [5, 5.41) is 2.34. The second kappa shape index (κ2) is 3.89. The highest BCUT2D eigenvalue weighted by Gasteiger charge is 2.15. The molecule has 0 aliphatic heterocycles. The molecule has 0 bridgehead atoms. The van der Waals surface area contributed by atoms with E-state index in [4.69, 9.17) is 4.74 Å². The standard InChI is InChI=1S/C9H10FNO2/c1-11-9(12)8-6(10)4-3-5-7(8)13-2/h3-5H,1-2H3,(H,11,12). The number of hydrogen-bond acceptors (Lipinski definition) is 2. The first-order chi connectivity index (χ1) is 6.20. The summed E-state index contributed by atoms with van der Waals surface area (Å²) in [6.07, 6.45) is 0. The van der Waals surface area contributed by atoms with Crippen molar-refractivity contribution in [2.45, 2.75) is 0 Å². The summed E-state index contributed by atoms with van der Waals surface area (Å²) in [5.41, 5.74) is -0.0625. The van der Waals surface area contributed by atoms with E-state index in [9.17, 15) is 9.18 Å². The Morgan fingerprint density at radius 3 is 2.77 bits per heavy atom.